The molecule has 1 unspecified atom stereocenters. The van der Waals surface area contributed by atoms with Gasteiger partial charge in [0.1, 0.15) is 5.82 Å². The molecule has 2 aromatic rings. The second-order valence-corrected chi connectivity index (χ2v) is 7.12. The lowest BCUT2D eigenvalue weighted by Gasteiger charge is -2.21. The minimum absolute atomic E-state index is 0.176. The molecule has 0 bridgehead atoms. The number of amides is 2. The number of hydrogen-bond acceptors (Lipinski definition) is 3. The van der Waals surface area contributed by atoms with Crippen LogP contribution in [0, 0.1) is 6.92 Å². The van der Waals surface area contributed by atoms with Crippen molar-refractivity contribution in [2.45, 2.75) is 51.2 Å². The Bertz CT molecular complexity index is 723. The maximum Gasteiger partial charge on any atom is 0.322 e. The second kappa shape index (κ2) is 8.36. The summed E-state index contributed by atoms with van der Waals surface area (Å²) in [7, 11) is 1.75. The van der Waals surface area contributed by atoms with E-state index in [9.17, 15) is 9.90 Å². The highest BCUT2D eigenvalue weighted by molar-refractivity contribution is 5.88. The first-order valence-corrected chi connectivity index (χ1v) is 9.36. The number of aryl methyl sites for hydroxylation is 1. The minimum atomic E-state index is -0.572. The summed E-state index contributed by atoms with van der Waals surface area (Å²) in [6.45, 7) is 2.42. The molecular formula is C20H28N4O2. The van der Waals surface area contributed by atoms with E-state index in [-0.39, 0.29) is 6.03 Å². The summed E-state index contributed by atoms with van der Waals surface area (Å²) in [5, 5.41) is 17.8. The van der Waals surface area contributed by atoms with Crippen molar-refractivity contribution in [2.24, 2.45) is 0 Å². The van der Waals surface area contributed by atoms with Crippen LogP contribution in [0.1, 0.15) is 55.5 Å². The second-order valence-electron chi connectivity index (χ2n) is 7.12. The van der Waals surface area contributed by atoms with E-state index >= 15 is 0 Å². The van der Waals surface area contributed by atoms with Crippen LogP contribution in [0.5, 0.6) is 0 Å². The molecule has 1 atom stereocenters. The molecule has 1 aliphatic rings. The fraction of sp³-hybridized carbons (Fsp3) is 0.500. The van der Waals surface area contributed by atoms with Crippen molar-refractivity contribution in [2.75, 3.05) is 18.9 Å². The monoisotopic (exact) mass is 356 g/mol. The number of nitrogens with zero attached hydrogens (tertiary/aromatic N) is 3. The summed E-state index contributed by atoms with van der Waals surface area (Å²) < 4.78 is 1.97. The van der Waals surface area contributed by atoms with Gasteiger partial charge in [0.2, 0.25) is 0 Å². The normalized spacial score (nSPS) is 15.8. The molecule has 26 heavy (non-hydrogen) atoms. The quantitative estimate of drug-likeness (QED) is 0.825. The van der Waals surface area contributed by atoms with Crippen LogP contribution < -0.4 is 5.32 Å². The Labute approximate surface area is 154 Å². The fourth-order valence-corrected chi connectivity index (χ4v) is 3.50. The number of urea groups is 1. The molecular weight excluding hydrogens is 328 g/mol. The van der Waals surface area contributed by atoms with E-state index in [1.807, 2.05) is 48.0 Å². The number of nitrogens with one attached hydrogen (secondary N) is 1. The summed E-state index contributed by atoms with van der Waals surface area (Å²) in [4.78, 5) is 14.1. The van der Waals surface area contributed by atoms with Crippen molar-refractivity contribution in [3.8, 4) is 0 Å². The van der Waals surface area contributed by atoms with E-state index < -0.39 is 6.10 Å². The molecule has 3 rings (SSSR count). The van der Waals surface area contributed by atoms with Gasteiger partial charge in [0, 0.05) is 19.7 Å². The van der Waals surface area contributed by atoms with E-state index in [1.165, 1.54) is 12.8 Å². The molecule has 0 aliphatic heterocycles. The van der Waals surface area contributed by atoms with Crippen LogP contribution in [0.2, 0.25) is 0 Å². The smallest absolute Gasteiger partial charge is 0.322 e. The zero-order chi connectivity index (χ0) is 18.5. The summed E-state index contributed by atoms with van der Waals surface area (Å²) in [5.74, 6) is 0.759. The highest BCUT2D eigenvalue weighted by Crippen LogP contribution is 2.31. The number of anilines is 1. The molecule has 0 radical (unpaired) electrons. The van der Waals surface area contributed by atoms with Gasteiger partial charge < -0.3 is 10.0 Å². The maximum atomic E-state index is 12.5. The van der Waals surface area contributed by atoms with Crippen LogP contribution in [0.4, 0.5) is 10.6 Å². The number of benzene rings is 1. The van der Waals surface area contributed by atoms with Gasteiger partial charge in [-0.3, -0.25) is 5.32 Å². The fourth-order valence-electron chi connectivity index (χ4n) is 3.50. The third-order valence-corrected chi connectivity index (χ3v) is 5.03. The van der Waals surface area contributed by atoms with Crippen molar-refractivity contribution >= 4 is 11.8 Å². The lowest BCUT2D eigenvalue weighted by atomic mass is 10.1. The Balaban J connectivity index is 1.56. The number of carbonyl (C=O) groups is 1. The van der Waals surface area contributed by atoms with Gasteiger partial charge in [-0.2, -0.15) is 5.10 Å². The van der Waals surface area contributed by atoms with E-state index in [0.717, 1.165) is 29.9 Å². The van der Waals surface area contributed by atoms with Crippen LogP contribution in [0.15, 0.2) is 36.4 Å². The summed E-state index contributed by atoms with van der Waals surface area (Å²) in [5.41, 5.74) is 1.78. The van der Waals surface area contributed by atoms with Gasteiger partial charge in [0.15, 0.2) is 0 Å². The lowest BCUT2D eigenvalue weighted by Crippen LogP contribution is -2.33. The summed E-state index contributed by atoms with van der Waals surface area (Å²) in [6, 6.07) is 11.6. The summed E-state index contributed by atoms with van der Waals surface area (Å²) in [6.07, 6.45) is 4.58. The van der Waals surface area contributed by atoms with E-state index in [4.69, 9.17) is 0 Å². The van der Waals surface area contributed by atoms with Gasteiger partial charge in [0.25, 0.3) is 0 Å². The lowest BCUT2D eigenvalue weighted by molar-refractivity contribution is 0.152. The van der Waals surface area contributed by atoms with Crippen molar-refractivity contribution < 1.29 is 9.90 Å². The third kappa shape index (κ3) is 4.43. The average molecular weight is 356 g/mol. The topological polar surface area (TPSA) is 70.4 Å². The molecule has 6 nitrogen and oxygen atoms in total. The van der Waals surface area contributed by atoms with Gasteiger partial charge in [-0.1, -0.05) is 43.2 Å². The molecule has 0 saturated heterocycles. The molecule has 2 N–H and O–H groups in total. The Morgan fingerprint density at radius 3 is 2.73 bits per heavy atom. The zero-order valence-electron chi connectivity index (χ0n) is 15.6. The molecule has 1 aromatic carbocycles. The van der Waals surface area contributed by atoms with Gasteiger partial charge in [-0.05, 0) is 31.7 Å². The predicted molar refractivity (Wildman–Crippen MR) is 102 cm³/mol. The Morgan fingerprint density at radius 1 is 1.35 bits per heavy atom. The maximum absolute atomic E-state index is 12.5. The Kier molecular flexibility index (Phi) is 5.93. The molecule has 6 heteroatoms. The van der Waals surface area contributed by atoms with Crippen LogP contribution in [0.25, 0.3) is 0 Å². The summed E-state index contributed by atoms with van der Waals surface area (Å²) >= 11 is 0. The first-order chi connectivity index (χ1) is 12.5. The number of hydrogen-bond donors (Lipinski definition) is 2. The standard InChI is InChI=1S/C20H28N4O2/c1-15-14-19(24(22-15)17-10-6-7-11-17)21-20(26)23(2)13-12-18(25)16-8-4-3-5-9-16/h3-5,8-9,14,17-18,25H,6-7,10-13H2,1-2H3,(H,21,26). The minimum Gasteiger partial charge on any atom is -0.388 e. The predicted octanol–water partition coefficient (Wildman–Crippen LogP) is 3.89. The largest absolute Gasteiger partial charge is 0.388 e. The molecule has 0 spiro atoms. The van der Waals surface area contributed by atoms with E-state index in [2.05, 4.69) is 10.4 Å². The van der Waals surface area contributed by atoms with Crippen LogP contribution in [0.3, 0.4) is 0 Å². The molecule has 140 valence electrons. The zero-order valence-corrected chi connectivity index (χ0v) is 15.6. The first-order valence-electron chi connectivity index (χ1n) is 9.36. The van der Waals surface area contributed by atoms with E-state index in [0.29, 0.717) is 19.0 Å². The molecule has 1 heterocycles. The van der Waals surface area contributed by atoms with Crippen LogP contribution in [-0.2, 0) is 0 Å². The number of aliphatic hydroxyl groups excluding tert-OH is 1. The molecule has 1 aromatic heterocycles. The highest BCUT2D eigenvalue weighted by Gasteiger charge is 2.22. The van der Waals surface area contributed by atoms with Gasteiger partial charge >= 0.3 is 6.03 Å². The van der Waals surface area contributed by atoms with Crippen LogP contribution >= 0.6 is 0 Å². The number of aromatic nitrogens is 2. The van der Waals surface area contributed by atoms with Crippen molar-refractivity contribution in [1.29, 1.82) is 0 Å². The van der Waals surface area contributed by atoms with Crippen molar-refractivity contribution in [3.63, 3.8) is 0 Å². The average Bonchev–Trinajstić information content (AvgIpc) is 3.29. The van der Waals surface area contributed by atoms with Crippen LogP contribution in [-0.4, -0.2) is 39.4 Å². The number of carbonyl (C=O) groups excluding carboxylic acids is 1. The van der Waals surface area contributed by atoms with Crippen molar-refractivity contribution in [3.05, 3.63) is 47.7 Å². The van der Waals surface area contributed by atoms with Gasteiger partial charge in [0.05, 0.1) is 17.8 Å². The van der Waals surface area contributed by atoms with Crippen molar-refractivity contribution in [1.82, 2.24) is 14.7 Å². The van der Waals surface area contributed by atoms with Gasteiger partial charge in [-0.15, -0.1) is 0 Å². The Hall–Kier alpha value is -2.34. The molecule has 2 amide bonds. The highest BCUT2D eigenvalue weighted by atomic mass is 16.3. The SMILES string of the molecule is Cc1cc(NC(=O)N(C)CCC(O)c2ccccc2)n(C2CCCC2)n1. The Morgan fingerprint density at radius 2 is 2.04 bits per heavy atom. The number of aliphatic hydroxyl groups is 1. The molecule has 1 saturated carbocycles. The molecule has 1 fully saturated rings. The molecule has 1 aliphatic carbocycles. The number of rotatable bonds is 6. The van der Waals surface area contributed by atoms with Gasteiger partial charge in [-0.25, -0.2) is 9.48 Å². The third-order valence-electron chi connectivity index (χ3n) is 5.03. The first kappa shape index (κ1) is 18.5. The van der Waals surface area contributed by atoms with E-state index in [1.54, 1.807) is 11.9 Å².